The van der Waals surface area contributed by atoms with Crippen LogP contribution in [0, 0.1) is 5.82 Å². The minimum absolute atomic E-state index is 0.186. The molecule has 8 nitrogen and oxygen atoms in total. The summed E-state index contributed by atoms with van der Waals surface area (Å²) in [6.45, 7) is 3.52. The monoisotopic (exact) mass is 542 g/mol. The molecule has 0 saturated heterocycles. The number of benzene rings is 3. The number of nitrogens with one attached hydrogen (secondary N) is 1. The van der Waals surface area contributed by atoms with Gasteiger partial charge in [0, 0.05) is 18.3 Å². The summed E-state index contributed by atoms with van der Waals surface area (Å²) in [6.07, 6.45) is 1.95. The Labute approximate surface area is 232 Å². The maximum absolute atomic E-state index is 14.2. The molecule has 0 fully saturated rings. The van der Waals surface area contributed by atoms with Gasteiger partial charge in [0.05, 0.1) is 37.0 Å². The number of para-hydroxylation sites is 2. The number of amides is 3. The van der Waals surface area contributed by atoms with Crippen LogP contribution < -0.4 is 19.7 Å². The van der Waals surface area contributed by atoms with E-state index in [4.69, 9.17) is 9.47 Å². The number of carbonyl (C=O) groups is 2. The summed E-state index contributed by atoms with van der Waals surface area (Å²) in [6, 6.07) is 21.5. The number of halogens is 1. The molecule has 4 aromatic rings. The molecule has 1 aliphatic rings. The molecule has 2 heterocycles. The maximum atomic E-state index is 14.2. The fourth-order valence-electron chi connectivity index (χ4n) is 5.02. The highest BCUT2D eigenvalue weighted by Crippen LogP contribution is 2.42. The average molecular weight is 543 g/mol. The Balaban J connectivity index is 1.49. The second-order valence-electron chi connectivity index (χ2n) is 9.73. The third-order valence-electron chi connectivity index (χ3n) is 7.01. The third kappa shape index (κ3) is 4.98. The van der Waals surface area contributed by atoms with Crippen molar-refractivity contribution in [3.63, 3.8) is 0 Å². The van der Waals surface area contributed by atoms with Crippen LogP contribution in [0.4, 0.5) is 20.6 Å². The van der Waals surface area contributed by atoms with E-state index in [2.05, 4.69) is 5.32 Å². The lowest BCUT2D eigenvalue weighted by Crippen LogP contribution is -2.49. The van der Waals surface area contributed by atoms with Crippen LogP contribution in [0.2, 0.25) is 0 Å². The van der Waals surface area contributed by atoms with Crippen LogP contribution in [-0.4, -0.2) is 48.2 Å². The number of methoxy groups -OCH3 is 2. The van der Waals surface area contributed by atoms with Crippen LogP contribution in [0.1, 0.15) is 31.1 Å². The summed E-state index contributed by atoms with van der Waals surface area (Å²) in [7, 11) is 3.06. The number of hydrogen-bond donors (Lipinski definition) is 1. The van der Waals surface area contributed by atoms with Gasteiger partial charge in [-0.1, -0.05) is 24.3 Å². The van der Waals surface area contributed by atoms with Gasteiger partial charge in [-0.3, -0.25) is 9.69 Å². The molecular formula is C31H31FN4O4. The minimum Gasteiger partial charge on any atom is -0.497 e. The lowest BCUT2D eigenvalue weighted by atomic mass is 9.97. The maximum Gasteiger partial charge on any atom is 0.322 e. The Morgan fingerprint density at radius 3 is 2.35 bits per heavy atom. The molecule has 1 unspecified atom stereocenters. The average Bonchev–Trinajstić information content (AvgIpc) is 3.45. The number of aromatic nitrogens is 1. The zero-order valence-electron chi connectivity index (χ0n) is 22.8. The topological polar surface area (TPSA) is 76.0 Å². The Bertz CT molecular complexity index is 1530. The van der Waals surface area contributed by atoms with Gasteiger partial charge in [-0.2, -0.15) is 0 Å². The second kappa shape index (κ2) is 11.1. The molecule has 0 radical (unpaired) electrons. The van der Waals surface area contributed by atoms with Crippen molar-refractivity contribution in [3.8, 4) is 17.2 Å². The quantitative estimate of drug-likeness (QED) is 0.310. The van der Waals surface area contributed by atoms with Crippen LogP contribution in [0.15, 0.2) is 85.1 Å². The van der Waals surface area contributed by atoms with E-state index in [1.165, 1.54) is 24.1 Å². The summed E-state index contributed by atoms with van der Waals surface area (Å²) in [5, 5.41) is 2.87. The van der Waals surface area contributed by atoms with Crippen LogP contribution in [-0.2, 0) is 4.79 Å². The van der Waals surface area contributed by atoms with Crippen molar-refractivity contribution < 1.29 is 23.5 Å². The molecule has 3 aromatic carbocycles. The first kappa shape index (κ1) is 26.8. The first-order valence-electron chi connectivity index (χ1n) is 13.0. The molecule has 40 heavy (non-hydrogen) atoms. The predicted molar refractivity (Wildman–Crippen MR) is 152 cm³/mol. The Morgan fingerprint density at radius 2 is 1.68 bits per heavy atom. The largest absolute Gasteiger partial charge is 0.497 e. The predicted octanol–water partition coefficient (Wildman–Crippen LogP) is 6.01. The molecular weight excluding hydrogens is 511 g/mol. The fourth-order valence-corrected chi connectivity index (χ4v) is 5.02. The number of rotatable bonds is 7. The first-order valence-corrected chi connectivity index (χ1v) is 13.0. The molecule has 1 aliphatic heterocycles. The Morgan fingerprint density at radius 1 is 0.950 bits per heavy atom. The molecule has 1 atom stereocenters. The zero-order chi connectivity index (χ0) is 28.4. The highest BCUT2D eigenvalue weighted by molar-refractivity contribution is 6.01. The number of fused-ring (bicyclic) bond motifs is 3. The van der Waals surface area contributed by atoms with E-state index in [9.17, 15) is 14.0 Å². The van der Waals surface area contributed by atoms with Crippen molar-refractivity contribution in [1.82, 2.24) is 9.47 Å². The van der Waals surface area contributed by atoms with Gasteiger partial charge < -0.3 is 24.3 Å². The molecule has 1 N–H and O–H groups in total. The standard InChI is InChI=1S/C31H31FN4O4/c1-20(2)35(31(38)33-24-16-15-23(39-3)18-28(24)40-4)19-29(37)36-26-9-6-5-8-25(26)34-17-7-10-27(34)30(36)21-11-13-22(32)14-12-21/h5-18,20,30H,19H2,1-4H3,(H,33,38). The Hall–Kier alpha value is -4.79. The van der Waals surface area contributed by atoms with Crippen molar-refractivity contribution in [2.24, 2.45) is 0 Å². The molecule has 0 aliphatic carbocycles. The van der Waals surface area contributed by atoms with Gasteiger partial charge in [0.25, 0.3) is 0 Å². The van der Waals surface area contributed by atoms with Crippen molar-refractivity contribution in [2.45, 2.75) is 25.9 Å². The highest BCUT2D eigenvalue weighted by atomic mass is 19.1. The number of hydrogen-bond acceptors (Lipinski definition) is 4. The molecule has 1 aromatic heterocycles. The fraction of sp³-hybridized carbons (Fsp3) is 0.226. The third-order valence-corrected chi connectivity index (χ3v) is 7.01. The Kier molecular flexibility index (Phi) is 7.46. The first-order chi connectivity index (χ1) is 19.3. The van der Waals surface area contributed by atoms with E-state index in [-0.39, 0.29) is 24.3 Å². The van der Waals surface area contributed by atoms with Gasteiger partial charge in [0.15, 0.2) is 0 Å². The molecule has 0 bridgehead atoms. The van der Waals surface area contributed by atoms with Crippen LogP contribution in [0.5, 0.6) is 11.5 Å². The number of carbonyl (C=O) groups excluding carboxylic acids is 2. The van der Waals surface area contributed by atoms with Crippen molar-refractivity contribution in [1.29, 1.82) is 0 Å². The molecule has 9 heteroatoms. The van der Waals surface area contributed by atoms with Crippen LogP contribution >= 0.6 is 0 Å². The highest BCUT2D eigenvalue weighted by Gasteiger charge is 2.37. The van der Waals surface area contributed by atoms with Gasteiger partial charge in [0.1, 0.15) is 29.9 Å². The van der Waals surface area contributed by atoms with Crippen molar-refractivity contribution in [3.05, 3.63) is 102 Å². The number of urea groups is 1. The summed E-state index contributed by atoms with van der Waals surface area (Å²) in [4.78, 5) is 30.9. The van der Waals surface area contributed by atoms with Gasteiger partial charge in [-0.05, 0) is 67.9 Å². The van der Waals surface area contributed by atoms with Gasteiger partial charge >= 0.3 is 6.03 Å². The van der Waals surface area contributed by atoms with E-state index < -0.39 is 12.1 Å². The lowest BCUT2D eigenvalue weighted by Gasteiger charge is -2.40. The van der Waals surface area contributed by atoms with Crippen LogP contribution in [0.3, 0.4) is 0 Å². The van der Waals surface area contributed by atoms with E-state index >= 15 is 0 Å². The van der Waals surface area contributed by atoms with E-state index in [1.54, 1.807) is 42.3 Å². The summed E-state index contributed by atoms with van der Waals surface area (Å²) in [5.41, 5.74) is 3.62. The van der Waals surface area contributed by atoms with Gasteiger partial charge in [-0.15, -0.1) is 0 Å². The summed E-state index contributed by atoms with van der Waals surface area (Å²) in [5.74, 6) is 0.389. The van der Waals surface area contributed by atoms with Crippen LogP contribution in [0.25, 0.3) is 5.69 Å². The van der Waals surface area contributed by atoms with E-state index in [0.717, 1.165) is 16.9 Å². The van der Waals surface area contributed by atoms with Crippen molar-refractivity contribution >= 4 is 23.3 Å². The minimum atomic E-state index is -0.517. The summed E-state index contributed by atoms with van der Waals surface area (Å²) >= 11 is 0. The number of nitrogens with zero attached hydrogens (tertiary/aromatic N) is 3. The molecule has 3 amide bonds. The number of anilines is 2. The summed E-state index contributed by atoms with van der Waals surface area (Å²) < 4.78 is 26.6. The van der Waals surface area contributed by atoms with Crippen molar-refractivity contribution in [2.75, 3.05) is 31.0 Å². The van der Waals surface area contributed by atoms with E-state index in [0.29, 0.717) is 22.9 Å². The molecule has 0 spiro atoms. The molecule has 206 valence electrons. The zero-order valence-corrected chi connectivity index (χ0v) is 22.8. The SMILES string of the molecule is COc1ccc(NC(=O)N(CC(=O)N2c3ccccc3-n3cccc3C2c2ccc(F)cc2)C(C)C)c(OC)c1. The lowest BCUT2D eigenvalue weighted by molar-refractivity contribution is -0.119. The van der Waals surface area contributed by atoms with Gasteiger partial charge in [0.2, 0.25) is 5.91 Å². The molecule has 5 rings (SSSR count). The number of ether oxygens (including phenoxy) is 2. The smallest absolute Gasteiger partial charge is 0.322 e. The van der Waals surface area contributed by atoms with Gasteiger partial charge in [-0.25, -0.2) is 9.18 Å². The molecule has 0 saturated carbocycles. The second-order valence-corrected chi connectivity index (χ2v) is 9.73. The normalized spacial score (nSPS) is 13.8. The van der Waals surface area contributed by atoms with E-state index in [1.807, 2.05) is 61.0 Å².